The van der Waals surface area contributed by atoms with Crippen molar-refractivity contribution in [1.29, 1.82) is 0 Å². The van der Waals surface area contributed by atoms with Gasteiger partial charge in [-0.1, -0.05) is 0 Å². The van der Waals surface area contributed by atoms with Crippen LogP contribution in [0.1, 0.15) is 15.9 Å². The van der Waals surface area contributed by atoms with E-state index < -0.39 is 29.3 Å². The number of urea groups is 1. The van der Waals surface area contributed by atoms with Crippen molar-refractivity contribution >= 4 is 40.0 Å². The van der Waals surface area contributed by atoms with Gasteiger partial charge < -0.3 is 21.7 Å². The summed E-state index contributed by atoms with van der Waals surface area (Å²) in [6.07, 6.45) is 1.54. The Kier molecular flexibility index (Phi) is 6.88. The Morgan fingerprint density at radius 2 is 1.54 bits per heavy atom. The fraction of sp³-hybridized carbons (Fsp3) is 0.0833. The minimum absolute atomic E-state index is 0.0115. The average molecular weight is 480 g/mol. The van der Waals surface area contributed by atoms with Crippen LogP contribution in [0.5, 0.6) is 0 Å². The van der Waals surface area contributed by atoms with E-state index >= 15 is 0 Å². The van der Waals surface area contributed by atoms with Gasteiger partial charge in [0.05, 0.1) is 22.8 Å². The number of fused-ring (bicyclic) bond motifs is 1. The molecule has 11 heteroatoms. The van der Waals surface area contributed by atoms with Gasteiger partial charge in [-0.2, -0.15) is 0 Å². The fourth-order valence-electron chi connectivity index (χ4n) is 3.24. The standard InChI is InChI=1S/C24H19F3N6O2/c25-17-4-2-14(31-24(35)32-15-3-5-18(26)19(27)11-15)10-16(17)23(34)13-1-6-20-21(9-13)33-22(12-30-20)29-8-7-28/h1-6,9-12H,7-8,28H2,(H,29,33)(H2,31,32,35). The molecule has 0 unspecified atom stereocenters. The van der Waals surface area contributed by atoms with Gasteiger partial charge in [-0.15, -0.1) is 0 Å². The number of nitrogens with zero attached hydrogens (tertiary/aromatic N) is 2. The molecule has 3 aromatic carbocycles. The van der Waals surface area contributed by atoms with Gasteiger partial charge >= 0.3 is 6.03 Å². The molecule has 4 aromatic rings. The second-order valence-electron chi connectivity index (χ2n) is 7.41. The Hall–Kier alpha value is -4.51. The minimum Gasteiger partial charge on any atom is -0.368 e. The molecule has 0 saturated carbocycles. The number of carbonyl (C=O) groups excluding carboxylic acids is 2. The van der Waals surface area contributed by atoms with E-state index in [9.17, 15) is 22.8 Å². The summed E-state index contributed by atoms with van der Waals surface area (Å²) >= 11 is 0. The summed E-state index contributed by atoms with van der Waals surface area (Å²) in [6, 6.07) is 10.1. The van der Waals surface area contributed by atoms with Gasteiger partial charge in [-0.25, -0.2) is 22.9 Å². The number of benzene rings is 3. The number of amides is 2. The SMILES string of the molecule is NCCNc1cnc2ccc(C(=O)c3cc(NC(=O)Nc4ccc(F)c(F)c4)ccc3F)cc2n1. The zero-order valence-electron chi connectivity index (χ0n) is 18.1. The molecule has 0 radical (unpaired) electrons. The van der Waals surface area contributed by atoms with Crippen molar-refractivity contribution in [1.82, 2.24) is 9.97 Å². The highest BCUT2D eigenvalue weighted by molar-refractivity contribution is 6.11. The third-order valence-corrected chi connectivity index (χ3v) is 4.90. The average Bonchev–Trinajstić information content (AvgIpc) is 2.85. The maximum Gasteiger partial charge on any atom is 0.323 e. The predicted molar refractivity (Wildman–Crippen MR) is 126 cm³/mol. The first-order valence-electron chi connectivity index (χ1n) is 10.4. The quantitative estimate of drug-likeness (QED) is 0.293. The molecule has 0 bridgehead atoms. The summed E-state index contributed by atoms with van der Waals surface area (Å²) < 4.78 is 40.9. The van der Waals surface area contributed by atoms with Crippen LogP contribution < -0.4 is 21.7 Å². The summed E-state index contributed by atoms with van der Waals surface area (Å²) in [5, 5.41) is 7.75. The number of halogens is 3. The van der Waals surface area contributed by atoms with Crippen molar-refractivity contribution in [3.05, 3.63) is 89.4 Å². The number of hydrogen-bond donors (Lipinski definition) is 4. The van der Waals surface area contributed by atoms with Crippen LogP contribution in [0.2, 0.25) is 0 Å². The molecular formula is C24H19F3N6O2. The molecule has 0 aliphatic carbocycles. The Bertz CT molecular complexity index is 1430. The van der Waals surface area contributed by atoms with Crippen LogP contribution in [-0.4, -0.2) is 34.9 Å². The fourth-order valence-corrected chi connectivity index (χ4v) is 3.24. The maximum absolute atomic E-state index is 14.5. The Morgan fingerprint density at radius 1 is 0.829 bits per heavy atom. The molecule has 1 aromatic heterocycles. The van der Waals surface area contributed by atoms with E-state index in [-0.39, 0.29) is 22.5 Å². The highest BCUT2D eigenvalue weighted by atomic mass is 19.2. The van der Waals surface area contributed by atoms with E-state index in [0.717, 1.165) is 18.2 Å². The Labute approximate surface area is 197 Å². The largest absolute Gasteiger partial charge is 0.368 e. The van der Waals surface area contributed by atoms with Gasteiger partial charge in [-0.3, -0.25) is 9.78 Å². The van der Waals surface area contributed by atoms with Crippen LogP contribution >= 0.6 is 0 Å². The second-order valence-corrected chi connectivity index (χ2v) is 7.41. The topological polar surface area (TPSA) is 122 Å². The molecule has 8 nitrogen and oxygen atoms in total. The molecule has 0 aliphatic rings. The molecule has 5 N–H and O–H groups in total. The third kappa shape index (κ3) is 5.53. The molecule has 0 aliphatic heterocycles. The van der Waals surface area contributed by atoms with Gasteiger partial charge in [0.1, 0.15) is 11.6 Å². The van der Waals surface area contributed by atoms with Gasteiger partial charge in [0.15, 0.2) is 17.4 Å². The van der Waals surface area contributed by atoms with Crippen LogP contribution in [0.3, 0.4) is 0 Å². The highest BCUT2D eigenvalue weighted by Gasteiger charge is 2.17. The number of nitrogens with two attached hydrogens (primary N) is 1. The number of aromatic nitrogens is 2. The van der Waals surface area contributed by atoms with Crippen molar-refractivity contribution in [2.45, 2.75) is 0 Å². The molecule has 0 spiro atoms. The zero-order valence-corrected chi connectivity index (χ0v) is 18.1. The lowest BCUT2D eigenvalue weighted by Gasteiger charge is -2.10. The van der Waals surface area contributed by atoms with E-state index in [4.69, 9.17) is 5.73 Å². The number of carbonyl (C=O) groups is 2. The molecule has 4 rings (SSSR count). The summed E-state index contributed by atoms with van der Waals surface area (Å²) in [7, 11) is 0. The minimum atomic E-state index is -1.13. The highest BCUT2D eigenvalue weighted by Crippen LogP contribution is 2.22. The Balaban J connectivity index is 1.54. The lowest BCUT2D eigenvalue weighted by Crippen LogP contribution is -2.20. The van der Waals surface area contributed by atoms with Gasteiger partial charge in [0.25, 0.3) is 0 Å². The van der Waals surface area contributed by atoms with Gasteiger partial charge in [-0.05, 0) is 48.5 Å². The first-order valence-corrected chi connectivity index (χ1v) is 10.4. The first-order chi connectivity index (χ1) is 16.8. The molecule has 0 atom stereocenters. The second kappa shape index (κ2) is 10.2. The van der Waals surface area contributed by atoms with Gasteiger partial charge in [0, 0.05) is 36.1 Å². The zero-order chi connectivity index (χ0) is 24.9. The molecule has 1 heterocycles. The number of rotatable bonds is 7. The van der Waals surface area contributed by atoms with E-state index in [1.54, 1.807) is 12.3 Å². The van der Waals surface area contributed by atoms with Crippen LogP contribution in [0.4, 0.5) is 35.2 Å². The molecule has 0 saturated heterocycles. The lowest BCUT2D eigenvalue weighted by atomic mass is 10.0. The normalized spacial score (nSPS) is 10.7. The van der Waals surface area contributed by atoms with Crippen LogP contribution in [0.25, 0.3) is 11.0 Å². The van der Waals surface area contributed by atoms with Crippen molar-refractivity contribution in [3.8, 4) is 0 Å². The number of ketones is 1. The van der Waals surface area contributed by atoms with Crippen LogP contribution in [0.15, 0.2) is 60.8 Å². The number of hydrogen-bond acceptors (Lipinski definition) is 6. The summed E-state index contributed by atoms with van der Waals surface area (Å²) in [5.41, 5.74) is 6.47. The van der Waals surface area contributed by atoms with Crippen molar-refractivity contribution < 1.29 is 22.8 Å². The maximum atomic E-state index is 14.5. The monoisotopic (exact) mass is 480 g/mol. The van der Waals surface area contributed by atoms with E-state index in [1.807, 2.05) is 0 Å². The Morgan fingerprint density at radius 3 is 2.26 bits per heavy atom. The smallest absolute Gasteiger partial charge is 0.323 e. The summed E-state index contributed by atoms with van der Waals surface area (Å²) in [5.74, 6) is -3.11. The predicted octanol–water partition coefficient (Wildman–Crippen LogP) is 4.29. The molecule has 2 amide bonds. The van der Waals surface area contributed by atoms with E-state index in [1.165, 1.54) is 30.3 Å². The lowest BCUT2D eigenvalue weighted by molar-refractivity contribution is 0.103. The number of nitrogens with one attached hydrogen (secondary N) is 3. The van der Waals surface area contributed by atoms with Crippen molar-refractivity contribution in [2.75, 3.05) is 29.0 Å². The summed E-state index contributed by atoms with van der Waals surface area (Å²) in [6.45, 7) is 0.897. The first kappa shape index (κ1) is 23.6. The molecule has 178 valence electrons. The van der Waals surface area contributed by atoms with E-state index in [0.29, 0.717) is 29.9 Å². The van der Waals surface area contributed by atoms with Crippen molar-refractivity contribution in [2.24, 2.45) is 5.73 Å². The number of anilines is 3. The van der Waals surface area contributed by atoms with E-state index in [2.05, 4.69) is 25.9 Å². The molecule has 35 heavy (non-hydrogen) atoms. The van der Waals surface area contributed by atoms with Crippen LogP contribution in [0, 0.1) is 17.5 Å². The molecule has 0 fully saturated rings. The van der Waals surface area contributed by atoms with Crippen LogP contribution in [-0.2, 0) is 0 Å². The van der Waals surface area contributed by atoms with Gasteiger partial charge in [0.2, 0.25) is 0 Å². The third-order valence-electron chi connectivity index (χ3n) is 4.90. The van der Waals surface area contributed by atoms with Crippen molar-refractivity contribution in [3.63, 3.8) is 0 Å². The molecular weight excluding hydrogens is 461 g/mol. The summed E-state index contributed by atoms with van der Waals surface area (Å²) in [4.78, 5) is 33.9.